The van der Waals surface area contributed by atoms with Gasteiger partial charge in [-0.2, -0.15) is 0 Å². The van der Waals surface area contributed by atoms with E-state index >= 15 is 0 Å². The molecule has 2 aliphatic heterocycles. The van der Waals surface area contributed by atoms with Gasteiger partial charge in [0.15, 0.2) is 18.2 Å². The number of nitrogens with zero attached hydrogens (tertiary/aromatic N) is 2. The van der Waals surface area contributed by atoms with E-state index in [2.05, 4.69) is 15.6 Å². The molecule has 0 radical (unpaired) electrons. The Balaban J connectivity index is 2.04. The summed E-state index contributed by atoms with van der Waals surface area (Å²) in [5.41, 5.74) is 3.49. The fourth-order valence-corrected chi connectivity index (χ4v) is 2.64. The van der Waals surface area contributed by atoms with Crippen molar-refractivity contribution in [2.24, 2.45) is 5.73 Å². The lowest BCUT2D eigenvalue weighted by atomic mass is 9.95. The molecule has 22 heavy (non-hydrogen) atoms. The average Bonchev–Trinajstić information content (AvgIpc) is 2.93. The van der Waals surface area contributed by atoms with Gasteiger partial charge in [-0.25, -0.2) is 9.37 Å². The number of amides is 1. The first kappa shape index (κ1) is 15.1. The zero-order valence-electron chi connectivity index (χ0n) is 11.5. The second-order valence-electron chi connectivity index (χ2n) is 5.49. The van der Waals surface area contributed by atoms with Crippen molar-refractivity contribution in [2.45, 2.75) is 37.0 Å². The third-order valence-corrected chi connectivity index (χ3v) is 3.83. The molecule has 10 nitrogen and oxygen atoms in total. The third-order valence-electron chi connectivity index (χ3n) is 3.83. The highest BCUT2D eigenvalue weighted by Gasteiger charge is 2.63. The Hall–Kier alpha value is -1.79. The number of aromatic nitrogens is 2. The zero-order valence-corrected chi connectivity index (χ0v) is 11.5. The van der Waals surface area contributed by atoms with Gasteiger partial charge in [0.1, 0.15) is 24.1 Å². The van der Waals surface area contributed by atoms with Crippen molar-refractivity contribution in [1.82, 2.24) is 14.9 Å². The topological polar surface area (TPSA) is 155 Å². The molecule has 1 amide bonds. The van der Waals surface area contributed by atoms with E-state index in [4.69, 9.17) is 15.6 Å². The number of halogens is 1. The number of anilines is 1. The molecule has 5 unspecified atom stereocenters. The third kappa shape index (κ3) is 1.90. The molecule has 2 aliphatic rings. The molecule has 1 fully saturated rings. The lowest BCUT2D eigenvalue weighted by Gasteiger charge is -2.30. The second kappa shape index (κ2) is 4.60. The lowest BCUT2D eigenvalue weighted by Crippen LogP contribution is -2.52. The largest absolute Gasteiger partial charge is 0.390 e. The van der Waals surface area contributed by atoms with Crippen LogP contribution in [-0.2, 0) is 4.74 Å². The predicted octanol–water partition coefficient (Wildman–Crippen LogP) is -2.42. The first-order chi connectivity index (χ1) is 10.2. The van der Waals surface area contributed by atoms with Gasteiger partial charge >= 0.3 is 0 Å². The van der Waals surface area contributed by atoms with Gasteiger partial charge < -0.3 is 30.7 Å². The minimum absolute atomic E-state index is 0.0176. The SMILES string of the molecule is CC1(O)C(n2cnc3c2NC(N)NC3=O)OC(F)(CO)C1O. The van der Waals surface area contributed by atoms with Crippen molar-refractivity contribution in [2.75, 3.05) is 11.9 Å². The van der Waals surface area contributed by atoms with Gasteiger partial charge in [-0.15, -0.1) is 0 Å². The Labute approximate surface area is 123 Å². The van der Waals surface area contributed by atoms with Gasteiger partial charge in [0, 0.05) is 0 Å². The normalized spacial score (nSPS) is 41.0. The molecular formula is C11H16FN5O5. The molecule has 1 aromatic heterocycles. The van der Waals surface area contributed by atoms with Crippen LogP contribution in [0, 0.1) is 0 Å². The number of nitrogens with one attached hydrogen (secondary N) is 2. The number of hydrogen-bond donors (Lipinski definition) is 6. The van der Waals surface area contributed by atoms with Crippen LogP contribution >= 0.6 is 0 Å². The maximum absolute atomic E-state index is 14.3. The standard InChI is InChI=1S/C11H16FN5O5/c1-10(21)7(20)11(12,2-18)22-8(10)17-3-14-4-5(17)15-9(13)16-6(4)19/h3,7-9,15,18,20-21H,2,13H2,1H3,(H,16,19). The highest BCUT2D eigenvalue weighted by Crippen LogP contribution is 2.46. The highest BCUT2D eigenvalue weighted by molar-refractivity contribution is 5.99. The van der Waals surface area contributed by atoms with Crippen molar-refractivity contribution < 1.29 is 29.2 Å². The summed E-state index contributed by atoms with van der Waals surface area (Å²) in [6, 6.07) is 0. The minimum atomic E-state index is -2.84. The first-order valence-corrected chi connectivity index (χ1v) is 6.48. The van der Waals surface area contributed by atoms with Gasteiger partial charge in [0.2, 0.25) is 0 Å². The average molecular weight is 317 g/mol. The minimum Gasteiger partial charge on any atom is -0.390 e. The number of carbonyl (C=O) groups is 1. The fourth-order valence-electron chi connectivity index (χ4n) is 2.64. The molecule has 122 valence electrons. The molecule has 7 N–H and O–H groups in total. The van der Waals surface area contributed by atoms with Crippen LogP contribution < -0.4 is 16.4 Å². The van der Waals surface area contributed by atoms with Crippen molar-refractivity contribution >= 4 is 11.7 Å². The van der Waals surface area contributed by atoms with E-state index < -0.39 is 42.6 Å². The molecule has 1 saturated heterocycles. The number of ether oxygens (including phenoxy) is 1. The Morgan fingerprint density at radius 3 is 2.86 bits per heavy atom. The quantitative estimate of drug-likeness (QED) is 0.352. The molecule has 3 rings (SSSR count). The Morgan fingerprint density at radius 1 is 1.59 bits per heavy atom. The van der Waals surface area contributed by atoms with E-state index in [1.165, 1.54) is 0 Å². The van der Waals surface area contributed by atoms with Crippen molar-refractivity contribution in [3.63, 3.8) is 0 Å². The molecule has 0 aromatic carbocycles. The predicted molar refractivity (Wildman–Crippen MR) is 69.0 cm³/mol. The van der Waals surface area contributed by atoms with E-state index in [0.29, 0.717) is 0 Å². The first-order valence-electron chi connectivity index (χ1n) is 6.48. The molecule has 0 bridgehead atoms. The van der Waals surface area contributed by atoms with Crippen LogP contribution in [0.3, 0.4) is 0 Å². The monoisotopic (exact) mass is 317 g/mol. The van der Waals surface area contributed by atoms with Crippen LogP contribution in [0.1, 0.15) is 23.6 Å². The van der Waals surface area contributed by atoms with Gasteiger partial charge in [0.05, 0.1) is 6.33 Å². The van der Waals surface area contributed by atoms with Crippen LogP contribution in [0.25, 0.3) is 0 Å². The number of aliphatic hydroxyl groups excluding tert-OH is 2. The maximum Gasteiger partial charge on any atom is 0.276 e. The number of rotatable bonds is 2. The molecule has 11 heteroatoms. The number of imidazole rings is 1. The molecule has 0 spiro atoms. The zero-order chi connectivity index (χ0) is 16.3. The molecular weight excluding hydrogens is 301 g/mol. The maximum atomic E-state index is 14.3. The molecule has 5 atom stereocenters. The van der Waals surface area contributed by atoms with Crippen LogP contribution in [0.15, 0.2) is 6.33 Å². The number of aliphatic hydroxyl groups is 3. The Morgan fingerprint density at radius 2 is 2.27 bits per heavy atom. The Kier molecular flexibility index (Phi) is 3.16. The molecule has 0 saturated carbocycles. The number of hydrogen-bond acceptors (Lipinski definition) is 8. The van der Waals surface area contributed by atoms with Crippen LogP contribution in [-0.4, -0.2) is 61.2 Å². The van der Waals surface area contributed by atoms with Gasteiger partial charge in [-0.3, -0.25) is 15.1 Å². The van der Waals surface area contributed by atoms with Gasteiger partial charge in [0.25, 0.3) is 11.8 Å². The summed E-state index contributed by atoms with van der Waals surface area (Å²) in [6.07, 6.45) is -3.19. The fraction of sp³-hybridized carbons (Fsp3) is 0.636. The van der Waals surface area contributed by atoms with E-state index in [9.17, 15) is 19.4 Å². The van der Waals surface area contributed by atoms with Crippen molar-refractivity contribution in [3.8, 4) is 0 Å². The van der Waals surface area contributed by atoms with Crippen LogP contribution in [0.4, 0.5) is 10.2 Å². The summed E-state index contributed by atoms with van der Waals surface area (Å²) in [7, 11) is 0. The van der Waals surface area contributed by atoms with Gasteiger partial charge in [-0.05, 0) is 6.92 Å². The van der Waals surface area contributed by atoms with Crippen LogP contribution in [0.5, 0.6) is 0 Å². The van der Waals surface area contributed by atoms with E-state index in [1.54, 1.807) is 0 Å². The lowest BCUT2D eigenvalue weighted by molar-refractivity contribution is -0.206. The molecule has 0 aliphatic carbocycles. The molecule has 1 aromatic rings. The summed E-state index contributed by atoms with van der Waals surface area (Å²) < 4.78 is 20.5. The number of nitrogens with two attached hydrogens (primary N) is 1. The summed E-state index contributed by atoms with van der Waals surface area (Å²) in [5, 5.41) is 34.4. The summed E-state index contributed by atoms with van der Waals surface area (Å²) >= 11 is 0. The molecule has 3 heterocycles. The highest BCUT2D eigenvalue weighted by atomic mass is 19.2. The van der Waals surface area contributed by atoms with Crippen LogP contribution in [0.2, 0.25) is 0 Å². The van der Waals surface area contributed by atoms with Crippen molar-refractivity contribution in [1.29, 1.82) is 0 Å². The Bertz CT molecular complexity index is 622. The summed E-state index contributed by atoms with van der Waals surface area (Å²) in [6.45, 7) is -0.000321. The second-order valence-corrected chi connectivity index (χ2v) is 5.49. The van der Waals surface area contributed by atoms with E-state index in [0.717, 1.165) is 17.8 Å². The van der Waals surface area contributed by atoms with Crippen molar-refractivity contribution in [3.05, 3.63) is 12.0 Å². The number of carbonyl (C=O) groups excluding carboxylic acids is 1. The van der Waals surface area contributed by atoms with Gasteiger partial charge in [-0.1, -0.05) is 0 Å². The number of alkyl halides is 1. The van der Waals surface area contributed by atoms with E-state index in [1.807, 2.05) is 0 Å². The smallest absolute Gasteiger partial charge is 0.276 e. The van der Waals surface area contributed by atoms with E-state index in [-0.39, 0.29) is 11.5 Å². The summed E-state index contributed by atoms with van der Waals surface area (Å²) in [5.74, 6) is -3.28. The number of fused-ring (bicyclic) bond motifs is 1. The summed E-state index contributed by atoms with van der Waals surface area (Å²) in [4.78, 5) is 15.6.